The number of benzene rings is 1. The lowest BCUT2D eigenvalue weighted by molar-refractivity contribution is -0.137. The van der Waals surface area contributed by atoms with Crippen molar-refractivity contribution >= 4 is 22.5 Å². The molecule has 0 bridgehead atoms. The minimum absolute atomic E-state index is 0.0385. The minimum atomic E-state index is -4.42. The third-order valence-electron chi connectivity index (χ3n) is 4.81. The van der Waals surface area contributed by atoms with Crippen molar-refractivity contribution in [1.82, 2.24) is 19.9 Å². The Hall–Kier alpha value is -3.66. The van der Waals surface area contributed by atoms with Gasteiger partial charge in [-0.25, -0.2) is 15.0 Å². The monoisotopic (exact) mass is 442 g/mol. The summed E-state index contributed by atoms with van der Waals surface area (Å²) in [6, 6.07) is 12.0. The average molecular weight is 442 g/mol. The molecule has 32 heavy (non-hydrogen) atoms. The van der Waals surface area contributed by atoms with Gasteiger partial charge in [-0.3, -0.25) is 0 Å². The predicted octanol–water partition coefficient (Wildman–Crippen LogP) is 4.10. The van der Waals surface area contributed by atoms with Crippen molar-refractivity contribution in [3.8, 4) is 11.3 Å². The number of pyridine rings is 1. The van der Waals surface area contributed by atoms with Crippen LogP contribution in [0.25, 0.3) is 22.2 Å². The van der Waals surface area contributed by atoms with Crippen LogP contribution >= 0.6 is 0 Å². The van der Waals surface area contributed by atoms with Gasteiger partial charge in [0.15, 0.2) is 0 Å². The molecule has 0 amide bonds. The van der Waals surface area contributed by atoms with E-state index in [1.807, 2.05) is 36.5 Å². The fourth-order valence-electron chi connectivity index (χ4n) is 3.30. The Morgan fingerprint density at radius 2 is 1.81 bits per heavy atom. The first kappa shape index (κ1) is 21.6. The van der Waals surface area contributed by atoms with E-state index in [9.17, 15) is 13.2 Å². The van der Waals surface area contributed by atoms with E-state index in [-0.39, 0.29) is 6.61 Å². The van der Waals surface area contributed by atoms with Crippen molar-refractivity contribution < 1.29 is 18.3 Å². The van der Waals surface area contributed by atoms with Crippen LogP contribution in [-0.2, 0) is 12.6 Å². The molecule has 166 valence electrons. The molecule has 0 unspecified atom stereocenters. The van der Waals surface area contributed by atoms with Gasteiger partial charge in [0, 0.05) is 54.4 Å². The van der Waals surface area contributed by atoms with Gasteiger partial charge < -0.3 is 20.7 Å². The van der Waals surface area contributed by atoms with E-state index in [1.165, 1.54) is 6.07 Å². The van der Waals surface area contributed by atoms with Gasteiger partial charge in [-0.15, -0.1) is 0 Å². The number of nitrogens with one attached hydrogen (secondary N) is 3. The highest BCUT2D eigenvalue weighted by atomic mass is 19.4. The van der Waals surface area contributed by atoms with E-state index >= 15 is 0 Å². The third-order valence-corrected chi connectivity index (χ3v) is 4.81. The van der Waals surface area contributed by atoms with E-state index in [0.29, 0.717) is 37.0 Å². The van der Waals surface area contributed by atoms with E-state index < -0.39 is 11.7 Å². The molecule has 4 rings (SSSR count). The maximum absolute atomic E-state index is 12.7. The first-order valence-electron chi connectivity index (χ1n) is 10.0. The summed E-state index contributed by atoms with van der Waals surface area (Å²) >= 11 is 0. The molecule has 0 saturated carbocycles. The number of fused-ring (bicyclic) bond motifs is 1. The number of aromatic nitrogens is 4. The average Bonchev–Trinajstić information content (AvgIpc) is 3.26. The largest absolute Gasteiger partial charge is 0.417 e. The molecule has 7 nitrogen and oxygen atoms in total. The van der Waals surface area contributed by atoms with Crippen molar-refractivity contribution in [3.63, 3.8) is 0 Å². The molecule has 0 spiro atoms. The Bertz CT molecular complexity index is 1190. The number of aliphatic hydroxyl groups is 1. The smallest absolute Gasteiger partial charge is 0.395 e. The van der Waals surface area contributed by atoms with Crippen LogP contribution in [0.15, 0.2) is 54.9 Å². The zero-order valence-electron chi connectivity index (χ0n) is 16.9. The molecule has 4 N–H and O–H groups in total. The van der Waals surface area contributed by atoms with Crippen molar-refractivity contribution in [3.05, 3.63) is 66.2 Å². The summed E-state index contributed by atoms with van der Waals surface area (Å²) in [6.07, 6.45) is -1.33. The second-order valence-corrected chi connectivity index (χ2v) is 7.06. The zero-order valence-corrected chi connectivity index (χ0v) is 16.9. The Balaban J connectivity index is 1.53. The maximum atomic E-state index is 12.7. The minimum Gasteiger partial charge on any atom is -0.395 e. The molecular weight excluding hydrogens is 421 g/mol. The van der Waals surface area contributed by atoms with Crippen LogP contribution in [0.1, 0.15) is 11.4 Å². The van der Waals surface area contributed by atoms with Gasteiger partial charge >= 0.3 is 6.18 Å². The number of hydrogen-bond acceptors (Lipinski definition) is 6. The highest BCUT2D eigenvalue weighted by molar-refractivity contribution is 5.94. The maximum Gasteiger partial charge on any atom is 0.417 e. The van der Waals surface area contributed by atoms with Gasteiger partial charge in [-0.1, -0.05) is 12.1 Å². The Morgan fingerprint density at radius 1 is 0.969 bits per heavy atom. The Labute approximate surface area is 181 Å². The number of aliphatic hydroxyl groups excluding tert-OH is 1. The summed E-state index contributed by atoms with van der Waals surface area (Å²) in [6.45, 7) is 0.691. The van der Waals surface area contributed by atoms with E-state index in [1.54, 1.807) is 0 Å². The van der Waals surface area contributed by atoms with Gasteiger partial charge in [0.25, 0.3) is 0 Å². The second-order valence-electron chi connectivity index (χ2n) is 7.06. The summed E-state index contributed by atoms with van der Waals surface area (Å²) < 4.78 is 38.0. The van der Waals surface area contributed by atoms with Crippen molar-refractivity contribution in [1.29, 1.82) is 0 Å². The first-order valence-corrected chi connectivity index (χ1v) is 10.0. The summed E-state index contributed by atoms with van der Waals surface area (Å²) in [5, 5.41) is 16.2. The van der Waals surface area contributed by atoms with Crippen LogP contribution in [0.3, 0.4) is 0 Å². The fourth-order valence-corrected chi connectivity index (χ4v) is 3.30. The van der Waals surface area contributed by atoms with Crippen LogP contribution in [0.4, 0.5) is 24.8 Å². The highest BCUT2D eigenvalue weighted by Gasteiger charge is 2.30. The molecule has 0 fully saturated rings. The van der Waals surface area contributed by atoms with Gasteiger partial charge in [0.2, 0.25) is 0 Å². The van der Waals surface area contributed by atoms with Crippen molar-refractivity contribution in [2.24, 2.45) is 0 Å². The number of rotatable bonds is 8. The number of aromatic amines is 1. The molecule has 0 radical (unpaired) electrons. The molecule has 0 atom stereocenters. The SMILES string of the molecule is OCCNc1cc(-c2cccc3[nH]ccc23)nc(CCNc2ccc(C(F)(F)F)cn2)n1. The lowest BCUT2D eigenvalue weighted by Crippen LogP contribution is -2.13. The van der Waals surface area contributed by atoms with Crippen LogP contribution in [-0.4, -0.2) is 44.7 Å². The van der Waals surface area contributed by atoms with Gasteiger partial charge in [-0.05, 0) is 24.3 Å². The number of nitrogens with zero attached hydrogens (tertiary/aromatic N) is 3. The third kappa shape index (κ3) is 4.97. The van der Waals surface area contributed by atoms with E-state index in [0.717, 1.165) is 34.4 Å². The Morgan fingerprint density at radius 3 is 2.56 bits per heavy atom. The molecule has 4 aromatic rings. The van der Waals surface area contributed by atoms with Crippen molar-refractivity contribution in [2.45, 2.75) is 12.6 Å². The molecule has 10 heteroatoms. The predicted molar refractivity (Wildman–Crippen MR) is 116 cm³/mol. The molecule has 0 aliphatic heterocycles. The number of hydrogen-bond donors (Lipinski definition) is 4. The van der Waals surface area contributed by atoms with Crippen LogP contribution < -0.4 is 10.6 Å². The topological polar surface area (TPSA) is 98.8 Å². The van der Waals surface area contributed by atoms with Gasteiger partial charge in [0.1, 0.15) is 17.5 Å². The molecule has 1 aromatic carbocycles. The van der Waals surface area contributed by atoms with Crippen LogP contribution in [0.2, 0.25) is 0 Å². The van der Waals surface area contributed by atoms with Gasteiger partial charge in [-0.2, -0.15) is 13.2 Å². The molecule has 0 saturated heterocycles. The lowest BCUT2D eigenvalue weighted by atomic mass is 10.1. The molecule has 3 heterocycles. The van der Waals surface area contributed by atoms with Gasteiger partial charge in [0.05, 0.1) is 17.9 Å². The van der Waals surface area contributed by atoms with E-state index in [2.05, 4.69) is 30.6 Å². The normalized spacial score (nSPS) is 11.6. The highest BCUT2D eigenvalue weighted by Crippen LogP contribution is 2.29. The summed E-state index contributed by atoms with van der Waals surface area (Å²) in [5.74, 6) is 1.47. The van der Waals surface area contributed by atoms with E-state index in [4.69, 9.17) is 5.11 Å². The zero-order chi connectivity index (χ0) is 22.6. The van der Waals surface area contributed by atoms with Crippen molar-refractivity contribution in [2.75, 3.05) is 30.3 Å². The second kappa shape index (κ2) is 9.23. The lowest BCUT2D eigenvalue weighted by Gasteiger charge is -2.11. The Kier molecular flexibility index (Phi) is 6.22. The molecule has 3 aromatic heterocycles. The number of halogens is 3. The molecule has 0 aliphatic carbocycles. The summed E-state index contributed by atoms with van der Waals surface area (Å²) in [5.41, 5.74) is 1.87. The number of alkyl halides is 3. The summed E-state index contributed by atoms with van der Waals surface area (Å²) in [7, 11) is 0. The molecule has 0 aliphatic rings. The number of H-pyrrole nitrogens is 1. The summed E-state index contributed by atoms with van der Waals surface area (Å²) in [4.78, 5) is 16.2. The quantitative estimate of drug-likeness (QED) is 0.328. The standard InChI is InChI=1S/C22H21F3N6O/c23-22(24,25)14-4-5-19(29-13-14)27-9-7-20-30-18(12-21(31-20)28-10-11-32)15-2-1-3-17-16(15)6-8-26-17/h1-6,8,12-13,26,32H,7,9-11H2,(H,27,29)(H,28,30,31). The van der Waals surface area contributed by atoms with Crippen LogP contribution in [0, 0.1) is 0 Å². The first-order chi connectivity index (χ1) is 15.4. The fraction of sp³-hybridized carbons (Fsp3) is 0.227. The van der Waals surface area contributed by atoms with Crippen LogP contribution in [0.5, 0.6) is 0 Å². The number of anilines is 2. The molecular formula is C22H21F3N6O.